The van der Waals surface area contributed by atoms with Crippen LogP contribution in [0.5, 0.6) is 5.88 Å². The van der Waals surface area contributed by atoms with Gasteiger partial charge in [-0.1, -0.05) is 13.0 Å². The molecule has 0 bridgehead atoms. The predicted octanol–water partition coefficient (Wildman–Crippen LogP) is 3.03. The third-order valence-corrected chi connectivity index (χ3v) is 6.02. The molecule has 1 saturated carbocycles. The maximum Gasteiger partial charge on any atom is 0.213 e. The largest absolute Gasteiger partial charge is 0.474 e. The summed E-state index contributed by atoms with van der Waals surface area (Å²) in [6.07, 6.45) is 8.72. The number of fused-ring (bicyclic) bond motifs is 1. The maximum absolute atomic E-state index is 6.17. The molecule has 2 aromatic rings. The van der Waals surface area contributed by atoms with Crippen molar-refractivity contribution in [3.63, 3.8) is 0 Å². The minimum absolute atomic E-state index is 0.0649. The fraction of sp³-hybridized carbons (Fsp3) is 0.571. The van der Waals surface area contributed by atoms with Crippen LogP contribution in [0.3, 0.4) is 0 Å². The number of hydrogen-bond acceptors (Lipinski definition) is 6. The Balaban J connectivity index is 1.48. The summed E-state index contributed by atoms with van der Waals surface area (Å²) >= 11 is 0. The predicted molar refractivity (Wildman–Crippen MR) is 102 cm³/mol. The highest BCUT2D eigenvalue weighted by atomic mass is 16.5. The number of nitrogens with zero attached hydrogens (tertiary/aromatic N) is 4. The molecule has 2 fully saturated rings. The lowest BCUT2D eigenvalue weighted by Crippen LogP contribution is -2.52. The molecule has 0 spiro atoms. The van der Waals surface area contributed by atoms with Gasteiger partial charge in [0.2, 0.25) is 5.88 Å². The van der Waals surface area contributed by atoms with Crippen molar-refractivity contribution in [2.24, 2.45) is 0 Å². The van der Waals surface area contributed by atoms with E-state index in [-0.39, 0.29) is 11.7 Å². The van der Waals surface area contributed by atoms with Gasteiger partial charge in [-0.3, -0.25) is 4.90 Å². The summed E-state index contributed by atoms with van der Waals surface area (Å²) in [5.41, 5.74) is 1.02. The Kier molecular flexibility index (Phi) is 5.36. The second-order valence-corrected chi connectivity index (χ2v) is 7.51. The Morgan fingerprint density at radius 1 is 1.19 bits per heavy atom. The summed E-state index contributed by atoms with van der Waals surface area (Å²) in [6.45, 7) is 3.95. The number of methoxy groups -OCH3 is 1. The molecule has 1 aliphatic carbocycles. The first-order chi connectivity index (χ1) is 13.2. The van der Waals surface area contributed by atoms with Gasteiger partial charge in [-0.25, -0.2) is 15.0 Å². The van der Waals surface area contributed by atoms with Crippen molar-refractivity contribution in [2.75, 3.05) is 13.7 Å². The van der Waals surface area contributed by atoms with Crippen LogP contribution in [0.1, 0.15) is 44.1 Å². The van der Waals surface area contributed by atoms with Crippen LogP contribution in [-0.2, 0) is 17.7 Å². The van der Waals surface area contributed by atoms with Gasteiger partial charge in [0, 0.05) is 57.5 Å². The quantitative estimate of drug-likeness (QED) is 0.781. The zero-order valence-electron chi connectivity index (χ0n) is 16.2. The Morgan fingerprint density at radius 2 is 2.11 bits per heavy atom. The van der Waals surface area contributed by atoms with E-state index in [0.29, 0.717) is 11.9 Å². The van der Waals surface area contributed by atoms with Crippen LogP contribution in [0.25, 0.3) is 0 Å². The van der Waals surface area contributed by atoms with Gasteiger partial charge in [-0.15, -0.1) is 0 Å². The first kappa shape index (κ1) is 18.3. The van der Waals surface area contributed by atoms with E-state index in [1.165, 1.54) is 0 Å². The van der Waals surface area contributed by atoms with E-state index in [2.05, 4.69) is 21.8 Å². The van der Waals surface area contributed by atoms with Crippen LogP contribution in [0.15, 0.2) is 36.7 Å². The van der Waals surface area contributed by atoms with Crippen molar-refractivity contribution in [1.82, 2.24) is 19.9 Å². The summed E-state index contributed by atoms with van der Waals surface area (Å²) in [4.78, 5) is 15.8. The fourth-order valence-corrected chi connectivity index (χ4v) is 4.55. The van der Waals surface area contributed by atoms with Crippen LogP contribution in [0, 0.1) is 0 Å². The zero-order valence-corrected chi connectivity index (χ0v) is 16.2. The highest BCUT2D eigenvalue weighted by Gasteiger charge is 2.51. The van der Waals surface area contributed by atoms with Crippen LogP contribution in [0.4, 0.5) is 0 Å². The number of likely N-dealkylation sites (tertiary alicyclic amines) is 1. The van der Waals surface area contributed by atoms with Gasteiger partial charge in [-0.05, 0) is 31.4 Å². The Labute approximate surface area is 161 Å². The molecule has 27 heavy (non-hydrogen) atoms. The van der Waals surface area contributed by atoms with Crippen LogP contribution < -0.4 is 4.74 Å². The van der Waals surface area contributed by atoms with Crippen molar-refractivity contribution in [1.29, 1.82) is 0 Å². The zero-order chi connectivity index (χ0) is 18.7. The first-order valence-corrected chi connectivity index (χ1v) is 9.90. The summed E-state index contributed by atoms with van der Waals surface area (Å²) in [7, 11) is 1.86. The number of hydrogen-bond donors (Lipinski definition) is 0. The van der Waals surface area contributed by atoms with Crippen LogP contribution in [-0.4, -0.2) is 51.3 Å². The highest BCUT2D eigenvalue weighted by Crippen LogP contribution is 2.43. The van der Waals surface area contributed by atoms with Crippen molar-refractivity contribution >= 4 is 0 Å². The van der Waals surface area contributed by atoms with Gasteiger partial charge in [-0.2, -0.15) is 0 Å². The molecule has 1 aliphatic heterocycles. The minimum Gasteiger partial charge on any atom is -0.474 e. The van der Waals surface area contributed by atoms with Gasteiger partial charge >= 0.3 is 0 Å². The molecular weight excluding hydrogens is 340 g/mol. The molecule has 6 nitrogen and oxygen atoms in total. The Morgan fingerprint density at radius 3 is 2.89 bits per heavy atom. The topological polar surface area (TPSA) is 60.4 Å². The molecule has 0 radical (unpaired) electrons. The van der Waals surface area contributed by atoms with Crippen molar-refractivity contribution < 1.29 is 9.47 Å². The van der Waals surface area contributed by atoms with E-state index in [0.717, 1.165) is 56.7 Å². The SMILES string of the molecule is CCc1nccc(CN2CC[C@]3(OC)CC[C@H](Oc4ccccn4)C[C@H]23)n1. The molecule has 0 N–H and O–H groups in total. The second-order valence-electron chi connectivity index (χ2n) is 7.51. The lowest BCUT2D eigenvalue weighted by molar-refractivity contribution is -0.0844. The van der Waals surface area contributed by atoms with Crippen LogP contribution >= 0.6 is 0 Å². The number of rotatable bonds is 6. The third-order valence-electron chi connectivity index (χ3n) is 6.02. The molecule has 3 heterocycles. The summed E-state index contributed by atoms with van der Waals surface area (Å²) in [5, 5.41) is 0. The Bertz CT molecular complexity index is 757. The van der Waals surface area contributed by atoms with E-state index in [9.17, 15) is 0 Å². The van der Waals surface area contributed by atoms with E-state index >= 15 is 0 Å². The van der Waals surface area contributed by atoms with Gasteiger partial charge in [0.1, 0.15) is 11.9 Å². The fourth-order valence-electron chi connectivity index (χ4n) is 4.55. The van der Waals surface area contributed by atoms with Gasteiger partial charge in [0.05, 0.1) is 11.3 Å². The van der Waals surface area contributed by atoms with Crippen molar-refractivity contribution in [2.45, 2.75) is 63.3 Å². The smallest absolute Gasteiger partial charge is 0.213 e. The second kappa shape index (κ2) is 7.90. The monoisotopic (exact) mass is 368 g/mol. The number of aryl methyl sites for hydroxylation is 1. The molecule has 0 aromatic carbocycles. The lowest BCUT2D eigenvalue weighted by atomic mass is 9.79. The molecule has 3 atom stereocenters. The molecule has 144 valence electrons. The first-order valence-electron chi connectivity index (χ1n) is 9.90. The summed E-state index contributed by atoms with van der Waals surface area (Å²) < 4.78 is 12.2. The van der Waals surface area contributed by atoms with Crippen molar-refractivity contribution in [3.05, 3.63) is 48.2 Å². The lowest BCUT2D eigenvalue weighted by Gasteiger charge is -2.43. The standard InChI is InChI=1S/C21H28N4O2/c1-3-19-22-12-8-16(24-19)15-25-13-10-21(26-2)9-7-17(14-18(21)25)27-20-6-4-5-11-23-20/h4-6,8,11-12,17-18H,3,7,9-10,13-15H2,1-2H3/t17-,18-,21+/m0/s1. The molecule has 2 aromatic heterocycles. The van der Waals surface area contributed by atoms with Crippen LogP contribution in [0.2, 0.25) is 0 Å². The number of aromatic nitrogens is 3. The van der Waals surface area contributed by atoms with E-state index in [1.807, 2.05) is 37.6 Å². The molecular formula is C21H28N4O2. The molecule has 6 heteroatoms. The third kappa shape index (κ3) is 3.82. The Hall–Kier alpha value is -2.05. The molecule has 0 amide bonds. The van der Waals surface area contributed by atoms with E-state index in [1.54, 1.807) is 6.20 Å². The van der Waals surface area contributed by atoms with E-state index < -0.39 is 0 Å². The highest BCUT2D eigenvalue weighted by molar-refractivity contribution is 5.12. The van der Waals surface area contributed by atoms with Gasteiger partial charge in [0.15, 0.2) is 0 Å². The molecule has 2 aliphatic rings. The summed E-state index contributed by atoms with van der Waals surface area (Å²) in [6, 6.07) is 8.17. The number of pyridine rings is 1. The normalized spacial score (nSPS) is 28.1. The number of ether oxygens (including phenoxy) is 2. The maximum atomic E-state index is 6.17. The molecule has 1 saturated heterocycles. The molecule has 0 unspecified atom stereocenters. The molecule has 4 rings (SSSR count). The van der Waals surface area contributed by atoms with Crippen molar-refractivity contribution in [3.8, 4) is 5.88 Å². The van der Waals surface area contributed by atoms with Gasteiger partial charge < -0.3 is 9.47 Å². The average molecular weight is 368 g/mol. The van der Waals surface area contributed by atoms with E-state index in [4.69, 9.17) is 14.5 Å². The minimum atomic E-state index is -0.0649. The summed E-state index contributed by atoms with van der Waals surface area (Å²) in [5.74, 6) is 1.62. The average Bonchev–Trinajstić information content (AvgIpc) is 3.07. The van der Waals surface area contributed by atoms with Gasteiger partial charge in [0.25, 0.3) is 0 Å².